The zero-order chi connectivity index (χ0) is 14.7. The molecule has 5 heteroatoms. The Hall–Kier alpha value is -2.40. The van der Waals surface area contributed by atoms with Gasteiger partial charge in [0, 0.05) is 13.7 Å². The molecule has 0 atom stereocenters. The maximum Gasteiger partial charge on any atom is 0.201 e. The molecule has 0 saturated carbocycles. The van der Waals surface area contributed by atoms with E-state index in [1.165, 1.54) is 12.1 Å². The van der Waals surface area contributed by atoms with Gasteiger partial charge in [-0.3, -0.25) is 0 Å². The van der Waals surface area contributed by atoms with Crippen LogP contribution in [0, 0.1) is 5.82 Å². The molecular formula is C16H16FN3O. The normalized spacial score (nSPS) is 11.0. The van der Waals surface area contributed by atoms with Crippen LogP contribution < -0.4 is 5.32 Å². The number of benzene rings is 2. The Morgan fingerprint density at radius 2 is 2.05 bits per heavy atom. The first-order valence-electron chi connectivity index (χ1n) is 6.70. The van der Waals surface area contributed by atoms with Gasteiger partial charge in [-0.15, -0.1) is 0 Å². The highest BCUT2D eigenvalue weighted by Gasteiger charge is 2.03. The third-order valence-corrected chi connectivity index (χ3v) is 3.21. The largest absolute Gasteiger partial charge is 0.380 e. The van der Waals surface area contributed by atoms with Crippen LogP contribution in [0.1, 0.15) is 11.1 Å². The summed E-state index contributed by atoms with van der Waals surface area (Å²) in [5.74, 6) is 0.359. The van der Waals surface area contributed by atoms with E-state index >= 15 is 0 Å². The van der Waals surface area contributed by atoms with E-state index in [2.05, 4.69) is 21.4 Å². The van der Waals surface area contributed by atoms with Crippen molar-refractivity contribution >= 4 is 17.0 Å². The fourth-order valence-electron chi connectivity index (χ4n) is 2.25. The van der Waals surface area contributed by atoms with Gasteiger partial charge < -0.3 is 15.0 Å². The molecule has 3 rings (SSSR count). The van der Waals surface area contributed by atoms with Crippen LogP contribution in [0.4, 0.5) is 10.3 Å². The number of anilines is 1. The second-order valence-corrected chi connectivity index (χ2v) is 4.85. The summed E-state index contributed by atoms with van der Waals surface area (Å²) in [6.07, 6.45) is 0. The molecule has 1 aromatic heterocycles. The van der Waals surface area contributed by atoms with Crippen molar-refractivity contribution in [2.75, 3.05) is 12.4 Å². The van der Waals surface area contributed by atoms with Gasteiger partial charge in [-0.25, -0.2) is 9.37 Å². The van der Waals surface area contributed by atoms with E-state index in [0.29, 0.717) is 24.6 Å². The van der Waals surface area contributed by atoms with Gasteiger partial charge in [0.2, 0.25) is 5.95 Å². The summed E-state index contributed by atoms with van der Waals surface area (Å²) in [6, 6.07) is 12.6. The summed E-state index contributed by atoms with van der Waals surface area (Å²) in [5.41, 5.74) is 3.69. The molecule has 108 valence electrons. The smallest absolute Gasteiger partial charge is 0.201 e. The predicted molar refractivity (Wildman–Crippen MR) is 80.5 cm³/mol. The molecule has 0 aliphatic heterocycles. The van der Waals surface area contributed by atoms with Crippen molar-refractivity contribution in [2.24, 2.45) is 0 Å². The average Bonchev–Trinajstić information content (AvgIpc) is 2.88. The van der Waals surface area contributed by atoms with E-state index in [4.69, 9.17) is 4.74 Å². The van der Waals surface area contributed by atoms with Gasteiger partial charge in [-0.1, -0.05) is 24.3 Å². The number of methoxy groups -OCH3 is 1. The Morgan fingerprint density at radius 1 is 1.19 bits per heavy atom. The monoisotopic (exact) mass is 285 g/mol. The van der Waals surface area contributed by atoms with Crippen LogP contribution in [-0.4, -0.2) is 17.1 Å². The summed E-state index contributed by atoms with van der Waals surface area (Å²) < 4.78 is 18.3. The van der Waals surface area contributed by atoms with Crippen LogP contribution in [-0.2, 0) is 17.9 Å². The fourth-order valence-corrected chi connectivity index (χ4v) is 2.25. The first-order valence-corrected chi connectivity index (χ1v) is 6.70. The highest BCUT2D eigenvalue weighted by Crippen LogP contribution is 2.16. The molecule has 0 unspecified atom stereocenters. The molecule has 4 nitrogen and oxygen atoms in total. The molecule has 2 aromatic carbocycles. The third-order valence-electron chi connectivity index (χ3n) is 3.21. The van der Waals surface area contributed by atoms with E-state index in [1.807, 2.05) is 18.2 Å². The lowest BCUT2D eigenvalue weighted by Crippen LogP contribution is -2.01. The number of halogens is 1. The number of hydrogen-bond donors (Lipinski definition) is 2. The summed E-state index contributed by atoms with van der Waals surface area (Å²) in [5, 5.41) is 3.21. The summed E-state index contributed by atoms with van der Waals surface area (Å²) in [6.45, 7) is 1.23. The van der Waals surface area contributed by atoms with Crippen molar-refractivity contribution in [2.45, 2.75) is 13.2 Å². The number of fused-ring (bicyclic) bond motifs is 1. The molecule has 0 saturated heterocycles. The molecule has 0 spiro atoms. The molecule has 0 amide bonds. The summed E-state index contributed by atoms with van der Waals surface area (Å²) >= 11 is 0. The van der Waals surface area contributed by atoms with Gasteiger partial charge in [0.15, 0.2) is 0 Å². The minimum Gasteiger partial charge on any atom is -0.380 e. The standard InChI is InChI=1S/C16H16FN3O/c1-21-10-12-4-2-3-11(7-12)9-18-16-19-14-6-5-13(17)8-15(14)20-16/h2-8H,9-10H2,1H3,(H2,18,19,20). The van der Waals surface area contributed by atoms with Crippen molar-refractivity contribution in [1.29, 1.82) is 0 Å². The third kappa shape index (κ3) is 3.20. The highest BCUT2D eigenvalue weighted by atomic mass is 19.1. The zero-order valence-corrected chi connectivity index (χ0v) is 11.7. The Bertz CT molecular complexity index is 754. The lowest BCUT2D eigenvalue weighted by Gasteiger charge is -2.05. The molecule has 21 heavy (non-hydrogen) atoms. The van der Waals surface area contributed by atoms with E-state index in [-0.39, 0.29) is 5.82 Å². The lowest BCUT2D eigenvalue weighted by atomic mass is 10.1. The Kier molecular flexibility index (Phi) is 3.83. The van der Waals surface area contributed by atoms with Crippen LogP contribution in [0.25, 0.3) is 11.0 Å². The number of nitrogens with zero attached hydrogens (tertiary/aromatic N) is 1. The van der Waals surface area contributed by atoms with Crippen molar-refractivity contribution in [3.05, 3.63) is 59.4 Å². The predicted octanol–water partition coefficient (Wildman–Crippen LogP) is 3.46. The average molecular weight is 285 g/mol. The Balaban J connectivity index is 1.72. The lowest BCUT2D eigenvalue weighted by molar-refractivity contribution is 0.185. The van der Waals surface area contributed by atoms with Gasteiger partial charge in [0.1, 0.15) is 5.82 Å². The molecule has 0 aliphatic carbocycles. The van der Waals surface area contributed by atoms with E-state index in [9.17, 15) is 4.39 Å². The van der Waals surface area contributed by atoms with Crippen molar-refractivity contribution in [3.63, 3.8) is 0 Å². The van der Waals surface area contributed by atoms with Crippen LogP contribution in [0.3, 0.4) is 0 Å². The number of imidazole rings is 1. The van der Waals surface area contributed by atoms with Crippen LogP contribution in [0.5, 0.6) is 0 Å². The van der Waals surface area contributed by atoms with Crippen molar-refractivity contribution in [1.82, 2.24) is 9.97 Å². The maximum absolute atomic E-state index is 13.1. The van der Waals surface area contributed by atoms with E-state index in [0.717, 1.165) is 16.6 Å². The van der Waals surface area contributed by atoms with Crippen LogP contribution in [0.15, 0.2) is 42.5 Å². The minimum atomic E-state index is -0.273. The molecular weight excluding hydrogens is 269 g/mol. The van der Waals surface area contributed by atoms with Gasteiger partial charge in [0.25, 0.3) is 0 Å². The molecule has 1 heterocycles. The van der Waals surface area contributed by atoms with E-state index < -0.39 is 0 Å². The van der Waals surface area contributed by atoms with Crippen molar-refractivity contribution < 1.29 is 9.13 Å². The minimum absolute atomic E-state index is 0.273. The topological polar surface area (TPSA) is 49.9 Å². The zero-order valence-electron chi connectivity index (χ0n) is 11.7. The molecule has 0 aliphatic rings. The van der Waals surface area contributed by atoms with E-state index in [1.54, 1.807) is 13.2 Å². The summed E-state index contributed by atoms with van der Waals surface area (Å²) in [4.78, 5) is 7.43. The molecule has 2 N–H and O–H groups in total. The molecule has 3 aromatic rings. The quantitative estimate of drug-likeness (QED) is 0.754. The van der Waals surface area contributed by atoms with Gasteiger partial charge in [-0.2, -0.15) is 0 Å². The molecule has 0 bridgehead atoms. The number of aromatic amines is 1. The number of ether oxygens (including phenoxy) is 1. The first-order chi connectivity index (χ1) is 10.2. The van der Waals surface area contributed by atoms with Gasteiger partial charge >= 0.3 is 0 Å². The second-order valence-electron chi connectivity index (χ2n) is 4.85. The number of hydrogen-bond acceptors (Lipinski definition) is 3. The fraction of sp³-hybridized carbons (Fsp3) is 0.188. The number of nitrogens with one attached hydrogen (secondary N) is 2. The Morgan fingerprint density at radius 3 is 2.90 bits per heavy atom. The van der Waals surface area contributed by atoms with Crippen LogP contribution in [0.2, 0.25) is 0 Å². The second kappa shape index (κ2) is 5.93. The first kappa shape index (κ1) is 13.6. The summed E-state index contributed by atoms with van der Waals surface area (Å²) in [7, 11) is 1.68. The maximum atomic E-state index is 13.1. The number of H-pyrrole nitrogens is 1. The van der Waals surface area contributed by atoms with Gasteiger partial charge in [0.05, 0.1) is 17.6 Å². The highest BCUT2D eigenvalue weighted by molar-refractivity contribution is 5.77. The Labute approximate surface area is 122 Å². The van der Waals surface area contributed by atoms with Crippen LogP contribution >= 0.6 is 0 Å². The van der Waals surface area contributed by atoms with Gasteiger partial charge in [-0.05, 0) is 29.3 Å². The van der Waals surface area contributed by atoms with Crippen molar-refractivity contribution in [3.8, 4) is 0 Å². The molecule has 0 radical (unpaired) electrons. The number of rotatable bonds is 5. The molecule has 0 fully saturated rings. The number of aromatic nitrogens is 2. The SMILES string of the molecule is COCc1cccc(CNc2nc3ccc(F)cc3[nH]2)c1.